The van der Waals surface area contributed by atoms with E-state index in [0.29, 0.717) is 5.92 Å². The molecule has 100 valence electrons. The molecule has 0 nitrogen and oxygen atoms in total. The first-order valence-electron chi connectivity index (χ1n) is 6.93. The fraction of sp³-hybridized carbons (Fsp3) is 0.158. The van der Waals surface area contributed by atoms with Crippen LogP contribution in [0.4, 0.5) is 0 Å². The van der Waals surface area contributed by atoms with E-state index in [0.717, 1.165) is 0 Å². The number of hydrogen-bond donors (Lipinski definition) is 0. The van der Waals surface area contributed by atoms with Gasteiger partial charge in [-0.15, -0.1) is 0 Å². The fourth-order valence-corrected chi connectivity index (χ4v) is 2.97. The lowest BCUT2D eigenvalue weighted by Crippen LogP contribution is -1.86. The molecule has 0 saturated carbocycles. The summed E-state index contributed by atoms with van der Waals surface area (Å²) in [4.78, 5) is 0. The highest BCUT2D eigenvalue weighted by molar-refractivity contribution is 14.1. The van der Waals surface area contributed by atoms with Crippen LogP contribution in [-0.2, 0) is 0 Å². The van der Waals surface area contributed by atoms with Crippen molar-refractivity contribution >= 4 is 33.4 Å². The minimum Gasteiger partial charge on any atom is -0.0587 e. The normalized spacial score (nSPS) is 11.2. The first-order chi connectivity index (χ1) is 9.63. The van der Waals surface area contributed by atoms with Gasteiger partial charge in [0.15, 0.2) is 0 Å². The Morgan fingerprint density at radius 3 is 2.00 bits per heavy atom. The van der Waals surface area contributed by atoms with E-state index in [1.165, 1.54) is 31.0 Å². The summed E-state index contributed by atoms with van der Waals surface area (Å²) in [7, 11) is 0. The lowest BCUT2D eigenvalue weighted by atomic mass is 9.97. The summed E-state index contributed by atoms with van der Waals surface area (Å²) in [6.45, 7) is 4.46. The predicted octanol–water partition coefficient (Wildman–Crippen LogP) is 6.23. The Morgan fingerprint density at radius 1 is 0.700 bits per heavy atom. The first kappa shape index (κ1) is 13.6. The van der Waals surface area contributed by atoms with Crippen LogP contribution < -0.4 is 0 Å². The molecule has 0 bridgehead atoms. The molecule has 20 heavy (non-hydrogen) atoms. The van der Waals surface area contributed by atoms with Gasteiger partial charge in [-0.05, 0) is 74.2 Å². The summed E-state index contributed by atoms with van der Waals surface area (Å²) < 4.78 is 1.28. The Hall–Kier alpha value is -1.35. The second-order valence-corrected chi connectivity index (χ2v) is 6.73. The van der Waals surface area contributed by atoms with Gasteiger partial charge < -0.3 is 0 Å². The van der Waals surface area contributed by atoms with Crippen molar-refractivity contribution in [2.45, 2.75) is 19.8 Å². The molecule has 0 spiro atoms. The maximum atomic E-state index is 2.36. The van der Waals surface area contributed by atoms with Crippen LogP contribution in [0.3, 0.4) is 0 Å². The van der Waals surface area contributed by atoms with Crippen molar-refractivity contribution in [3.8, 4) is 11.1 Å². The second kappa shape index (κ2) is 5.57. The van der Waals surface area contributed by atoms with Gasteiger partial charge in [0.1, 0.15) is 0 Å². The summed E-state index contributed by atoms with van der Waals surface area (Å²) >= 11 is 2.36. The zero-order valence-electron chi connectivity index (χ0n) is 11.7. The van der Waals surface area contributed by atoms with Crippen LogP contribution in [0.15, 0.2) is 60.7 Å². The molecule has 0 amide bonds. The predicted molar refractivity (Wildman–Crippen MR) is 96.2 cm³/mol. The van der Waals surface area contributed by atoms with Crippen LogP contribution in [0.1, 0.15) is 25.3 Å². The Balaban J connectivity index is 2.03. The summed E-state index contributed by atoms with van der Waals surface area (Å²) in [6.07, 6.45) is 0. The first-order valence-corrected chi connectivity index (χ1v) is 8.01. The lowest BCUT2D eigenvalue weighted by Gasteiger charge is -2.08. The van der Waals surface area contributed by atoms with E-state index in [9.17, 15) is 0 Å². The molecule has 0 atom stereocenters. The van der Waals surface area contributed by atoms with E-state index < -0.39 is 0 Å². The maximum Gasteiger partial charge on any atom is 0.0136 e. The second-order valence-electron chi connectivity index (χ2n) is 5.48. The van der Waals surface area contributed by atoms with Gasteiger partial charge in [-0.2, -0.15) is 0 Å². The number of fused-ring (bicyclic) bond motifs is 1. The Morgan fingerprint density at radius 2 is 1.30 bits per heavy atom. The highest BCUT2D eigenvalue weighted by Gasteiger charge is 2.02. The molecular weight excluding hydrogens is 355 g/mol. The van der Waals surface area contributed by atoms with Crippen molar-refractivity contribution in [2.24, 2.45) is 0 Å². The minimum atomic E-state index is 0.586. The van der Waals surface area contributed by atoms with E-state index in [-0.39, 0.29) is 0 Å². The zero-order valence-corrected chi connectivity index (χ0v) is 13.9. The van der Waals surface area contributed by atoms with Crippen LogP contribution in [0.5, 0.6) is 0 Å². The smallest absolute Gasteiger partial charge is 0.0136 e. The van der Waals surface area contributed by atoms with Crippen LogP contribution in [0, 0.1) is 3.57 Å². The third-order valence-electron chi connectivity index (χ3n) is 3.71. The molecule has 3 aromatic carbocycles. The molecule has 0 heterocycles. The average Bonchev–Trinajstić information content (AvgIpc) is 2.47. The molecule has 0 aliphatic carbocycles. The number of benzene rings is 3. The molecule has 3 rings (SSSR count). The molecule has 3 aromatic rings. The topological polar surface area (TPSA) is 0 Å². The molecule has 0 aromatic heterocycles. The molecular formula is C19H17I. The quantitative estimate of drug-likeness (QED) is 0.468. The van der Waals surface area contributed by atoms with Crippen molar-refractivity contribution in [3.05, 3.63) is 69.8 Å². The van der Waals surface area contributed by atoms with E-state index in [2.05, 4.69) is 97.1 Å². The largest absolute Gasteiger partial charge is 0.0587 e. The molecule has 1 heteroatoms. The van der Waals surface area contributed by atoms with E-state index >= 15 is 0 Å². The number of halogens is 1. The van der Waals surface area contributed by atoms with E-state index in [4.69, 9.17) is 0 Å². The standard InChI is InChI=1S/C19H17I/c1-13(2)14-3-5-15(6-4-14)16-7-8-18-12-19(20)10-9-17(18)11-16/h3-13H,1-2H3. The maximum absolute atomic E-state index is 2.36. The van der Waals surface area contributed by atoms with Crippen molar-refractivity contribution in [3.63, 3.8) is 0 Å². The van der Waals surface area contributed by atoms with Gasteiger partial charge in [-0.3, -0.25) is 0 Å². The molecule has 0 saturated heterocycles. The van der Waals surface area contributed by atoms with Crippen LogP contribution in [-0.4, -0.2) is 0 Å². The summed E-state index contributed by atoms with van der Waals surface area (Å²) in [5, 5.41) is 2.61. The van der Waals surface area contributed by atoms with Gasteiger partial charge in [0.25, 0.3) is 0 Å². The molecule has 0 fully saturated rings. The molecule has 0 unspecified atom stereocenters. The Labute approximate surface area is 134 Å². The van der Waals surface area contributed by atoms with Gasteiger partial charge in [-0.1, -0.05) is 56.3 Å². The van der Waals surface area contributed by atoms with Crippen molar-refractivity contribution < 1.29 is 0 Å². The van der Waals surface area contributed by atoms with Gasteiger partial charge in [-0.25, -0.2) is 0 Å². The van der Waals surface area contributed by atoms with Gasteiger partial charge in [0, 0.05) is 3.57 Å². The van der Waals surface area contributed by atoms with Crippen LogP contribution in [0.25, 0.3) is 21.9 Å². The monoisotopic (exact) mass is 372 g/mol. The van der Waals surface area contributed by atoms with Gasteiger partial charge in [0.05, 0.1) is 0 Å². The number of rotatable bonds is 2. The molecule has 0 N–H and O–H groups in total. The molecule has 0 radical (unpaired) electrons. The van der Waals surface area contributed by atoms with Crippen molar-refractivity contribution in [1.82, 2.24) is 0 Å². The SMILES string of the molecule is CC(C)c1ccc(-c2ccc3cc(I)ccc3c2)cc1. The minimum absolute atomic E-state index is 0.586. The summed E-state index contributed by atoms with van der Waals surface area (Å²) in [6, 6.07) is 22.2. The third-order valence-corrected chi connectivity index (χ3v) is 4.38. The fourth-order valence-electron chi connectivity index (χ4n) is 2.46. The third kappa shape index (κ3) is 2.73. The van der Waals surface area contributed by atoms with Crippen molar-refractivity contribution in [2.75, 3.05) is 0 Å². The van der Waals surface area contributed by atoms with Crippen molar-refractivity contribution in [1.29, 1.82) is 0 Å². The lowest BCUT2D eigenvalue weighted by molar-refractivity contribution is 0.867. The van der Waals surface area contributed by atoms with Crippen LogP contribution >= 0.6 is 22.6 Å². The highest BCUT2D eigenvalue weighted by atomic mass is 127. The highest BCUT2D eigenvalue weighted by Crippen LogP contribution is 2.27. The van der Waals surface area contributed by atoms with E-state index in [1.807, 2.05) is 0 Å². The van der Waals surface area contributed by atoms with E-state index in [1.54, 1.807) is 0 Å². The van der Waals surface area contributed by atoms with Crippen LogP contribution in [0.2, 0.25) is 0 Å². The number of hydrogen-bond acceptors (Lipinski definition) is 0. The molecule has 0 aliphatic rings. The van der Waals surface area contributed by atoms with Gasteiger partial charge >= 0.3 is 0 Å². The average molecular weight is 372 g/mol. The Bertz CT molecular complexity index is 739. The summed E-state index contributed by atoms with van der Waals surface area (Å²) in [5.74, 6) is 0.586. The Kier molecular flexibility index (Phi) is 3.79. The zero-order chi connectivity index (χ0) is 14.1. The molecule has 0 aliphatic heterocycles. The van der Waals surface area contributed by atoms with Gasteiger partial charge in [0.2, 0.25) is 0 Å². The summed E-state index contributed by atoms with van der Waals surface area (Å²) in [5.41, 5.74) is 3.97.